The van der Waals surface area contributed by atoms with Crippen molar-refractivity contribution in [2.24, 2.45) is 5.73 Å². The second-order valence-corrected chi connectivity index (χ2v) is 5.49. The van der Waals surface area contributed by atoms with Crippen LogP contribution in [-0.4, -0.2) is 29.2 Å². The van der Waals surface area contributed by atoms with E-state index in [0.717, 1.165) is 5.69 Å². The van der Waals surface area contributed by atoms with Gasteiger partial charge < -0.3 is 20.5 Å². The molecule has 7 nitrogen and oxygen atoms in total. The zero-order valence-electron chi connectivity index (χ0n) is 12.7. The Hall–Kier alpha value is -2.31. The maximum absolute atomic E-state index is 11.1. The summed E-state index contributed by atoms with van der Waals surface area (Å²) in [6.07, 6.45) is -0.340. The topological polar surface area (TPSA) is 104 Å². The number of nitrogens with one attached hydrogen (secondary N) is 1. The van der Waals surface area contributed by atoms with Crippen LogP contribution >= 0.6 is 0 Å². The maximum atomic E-state index is 11.1. The average molecular weight is 295 g/mol. The third-order valence-corrected chi connectivity index (χ3v) is 2.25. The molecule has 0 saturated carbocycles. The number of amides is 2. The van der Waals surface area contributed by atoms with Gasteiger partial charge in [-0.05, 0) is 39.8 Å². The van der Waals surface area contributed by atoms with Gasteiger partial charge in [0, 0.05) is 5.69 Å². The molecule has 3 N–H and O–H groups in total. The first-order valence-corrected chi connectivity index (χ1v) is 6.56. The molecule has 0 fully saturated rings. The summed E-state index contributed by atoms with van der Waals surface area (Å²) in [5.41, 5.74) is 5.81. The van der Waals surface area contributed by atoms with Gasteiger partial charge in [-0.2, -0.15) is 0 Å². The summed E-state index contributed by atoms with van der Waals surface area (Å²) >= 11 is 0. The molecule has 2 heterocycles. The smallest absolute Gasteiger partial charge is 0.405 e. The Morgan fingerprint density at radius 3 is 2.62 bits per heavy atom. The second-order valence-electron chi connectivity index (χ2n) is 5.49. The Morgan fingerprint density at radius 1 is 1.43 bits per heavy atom. The van der Waals surface area contributed by atoms with E-state index in [9.17, 15) is 9.59 Å². The monoisotopic (exact) mass is 295 g/mol. The van der Waals surface area contributed by atoms with Gasteiger partial charge in [0.05, 0.1) is 13.0 Å². The fourth-order valence-corrected chi connectivity index (χ4v) is 1.49. The SMILES string of the molecule is CC(C)(C)OC(N)=O.Cc1ccc2c(n1)OCCC(=O)N2. The first kappa shape index (κ1) is 16.7. The van der Waals surface area contributed by atoms with Crippen molar-refractivity contribution in [3.8, 4) is 5.88 Å². The molecule has 1 aromatic rings. The lowest BCUT2D eigenvalue weighted by atomic mass is 10.2. The number of anilines is 1. The fourth-order valence-electron chi connectivity index (χ4n) is 1.49. The van der Waals surface area contributed by atoms with E-state index in [1.807, 2.05) is 13.0 Å². The van der Waals surface area contributed by atoms with Gasteiger partial charge in [0.1, 0.15) is 11.3 Å². The van der Waals surface area contributed by atoms with E-state index >= 15 is 0 Å². The number of hydrogen-bond acceptors (Lipinski definition) is 5. The molecule has 0 aliphatic carbocycles. The first-order valence-electron chi connectivity index (χ1n) is 6.56. The molecule has 0 radical (unpaired) electrons. The van der Waals surface area contributed by atoms with Gasteiger partial charge in [-0.25, -0.2) is 9.78 Å². The largest absolute Gasteiger partial charge is 0.476 e. The number of nitrogens with two attached hydrogens (primary N) is 1. The number of pyridine rings is 1. The number of ether oxygens (including phenoxy) is 2. The molecule has 21 heavy (non-hydrogen) atoms. The highest BCUT2D eigenvalue weighted by molar-refractivity contribution is 5.92. The van der Waals surface area contributed by atoms with Crippen molar-refractivity contribution in [3.63, 3.8) is 0 Å². The van der Waals surface area contributed by atoms with Crippen molar-refractivity contribution >= 4 is 17.7 Å². The Morgan fingerprint density at radius 2 is 2.10 bits per heavy atom. The van der Waals surface area contributed by atoms with E-state index in [0.29, 0.717) is 24.6 Å². The second kappa shape index (κ2) is 6.92. The van der Waals surface area contributed by atoms with Crippen LogP contribution < -0.4 is 15.8 Å². The summed E-state index contributed by atoms with van der Waals surface area (Å²) in [4.78, 5) is 25.3. The summed E-state index contributed by atoms with van der Waals surface area (Å²) in [5.74, 6) is 0.496. The number of rotatable bonds is 0. The van der Waals surface area contributed by atoms with E-state index in [1.165, 1.54) is 0 Å². The minimum atomic E-state index is -0.725. The van der Waals surface area contributed by atoms with E-state index in [2.05, 4.69) is 15.0 Å². The van der Waals surface area contributed by atoms with Gasteiger partial charge in [-0.15, -0.1) is 0 Å². The Bertz CT molecular complexity index is 523. The van der Waals surface area contributed by atoms with Gasteiger partial charge in [0.2, 0.25) is 11.8 Å². The highest BCUT2D eigenvalue weighted by atomic mass is 16.6. The minimum absolute atomic E-state index is 0.0237. The Balaban J connectivity index is 0.000000240. The molecule has 1 aliphatic rings. The molecular formula is C14H21N3O4. The molecule has 0 spiro atoms. The number of nitrogens with zero attached hydrogens (tertiary/aromatic N) is 1. The molecule has 116 valence electrons. The number of primary amides is 1. The molecule has 0 saturated heterocycles. The summed E-state index contributed by atoms with van der Waals surface area (Å²) in [5, 5.41) is 2.72. The van der Waals surface area contributed by atoms with Crippen molar-refractivity contribution in [2.45, 2.75) is 39.7 Å². The average Bonchev–Trinajstić information content (AvgIpc) is 2.47. The van der Waals surface area contributed by atoms with E-state index in [1.54, 1.807) is 26.8 Å². The number of hydrogen-bond donors (Lipinski definition) is 2. The third kappa shape index (κ3) is 6.60. The van der Waals surface area contributed by atoms with Crippen molar-refractivity contribution < 1.29 is 19.1 Å². The summed E-state index contributed by atoms with van der Waals surface area (Å²) in [7, 11) is 0. The molecule has 0 aromatic carbocycles. The van der Waals surface area contributed by atoms with E-state index < -0.39 is 11.7 Å². The lowest BCUT2D eigenvalue weighted by molar-refractivity contribution is -0.116. The Labute approximate surface area is 123 Å². The van der Waals surface area contributed by atoms with Crippen molar-refractivity contribution in [1.82, 2.24) is 4.98 Å². The van der Waals surface area contributed by atoms with Crippen LogP contribution in [0.25, 0.3) is 0 Å². The van der Waals surface area contributed by atoms with Crippen LogP contribution in [0.1, 0.15) is 32.9 Å². The van der Waals surface area contributed by atoms with Crippen LogP contribution in [0, 0.1) is 6.92 Å². The van der Waals surface area contributed by atoms with Crippen molar-refractivity contribution in [2.75, 3.05) is 11.9 Å². The molecule has 7 heteroatoms. The van der Waals surface area contributed by atoms with Crippen LogP contribution in [0.2, 0.25) is 0 Å². The van der Waals surface area contributed by atoms with Gasteiger partial charge in [-0.1, -0.05) is 0 Å². The first-order chi connectivity index (χ1) is 9.67. The molecule has 0 atom stereocenters. The quantitative estimate of drug-likeness (QED) is 0.761. The predicted octanol–water partition coefficient (Wildman–Crippen LogP) is 1.99. The molecule has 1 aromatic heterocycles. The molecule has 2 amide bonds. The van der Waals surface area contributed by atoms with Crippen LogP contribution in [-0.2, 0) is 9.53 Å². The maximum Gasteiger partial charge on any atom is 0.405 e. The van der Waals surface area contributed by atoms with Crippen molar-refractivity contribution in [3.05, 3.63) is 17.8 Å². The van der Waals surface area contributed by atoms with Crippen molar-refractivity contribution in [1.29, 1.82) is 0 Å². The Kier molecular flexibility index (Phi) is 5.52. The number of aryl methyl sites for hydroxylation is 1. The molecule has 0 unspecified atom stereocenters. The number of fused-ring (bicyclic) bond motifs is 1. The summed E-state index contributed by atoms with van der Waals surface area (Å²) in [6.45, 7) is 7.57. The summed E-state index contributed by atoms with van der Waals surface area (Å²) in [6, 6.07) is 3.65. The van der Waals surface area contributed by atoms with Gasteiger partial charge in [-0.3, -0.25) is 4.79 Å². The fraction of sp³-hybridized carbons (Fsp3) is 0.500. The van der Waals surface area contributed by atoms with Gasteiger partial charge >= 0.3 is 6.09 Å². The van der Waals surface area contributed by atoms with E-state index in [-0.39, 0.29) is 5.91 Å². The molecule has 0 bridgehead atoms. The van der Waals surface area contributed by atoms with Crippen LogP contribution in [0.3, 0.4) is 0 Å². The molecule has 1 aliphatic heterocycles. The highest BCUT2D eigenvalue weighted by Gasteiger charge is 2.14. The molecular weight excluding hydrogens is 274 g/mol. The van der Waals surface area contributed by atoms with Gasteiger partial charge in [0.15, 0.2) is 0 Å². The number of carbonyl (C=O) groups is 2. The van der Waals surface area contributed by atoms with E-state index in [4.69, 9.17) is 10.5 Å². The lowest BCUT2D eigenvalue weighted by Crippen LogP contribution is -2.27. The highest BCUT2D eigenvalue weighted by Crippen LogP contribution is 2.24. The lowest BCUT2D eigenvalue weighted by Gasteiger charge is -2.16. The minimum Gasteiger partial charge on any atom is -0.476 e. The van der Waals surface area contributed by atoms with Crippen LogP contribution in [0.15, 0.2) is 12.1 Å². The zero-order valence-corrected chi connectivity index (χ0v) is 12.7. The standard InChI is InChI=1S/C9H10N2O2.C5H11NO2/c1-6-2-3-7-9(10-6)13-5-4-8(12)11-7;1-5(2,3)8-4(6)7/h2-3H,4-5H2,1H3,(H,11,12);1-3H3,(H2,6,7). The van der Waals surface area contributed by atoms with Crippen LogP contribution in [0.4, 0.5) is 10.5 Å². The predicted molar refractivity (Wildman–Crippen MR) is 78.1 cm³/mol. The molecule has 2 rings (SSSR count). The zero-order chi connectivity index (χ0) is 16.0. The third-order valence-electron chi connectivity index (χ3n) is 2.25. The number of aromatic nitrogens is 1. The van der Waals surface area contributed by atoms with Gasteiger partial charge in [0.25, 0.3) is 0 Å². The summed E-state index contributed by atoms with van der Waals surface area (Å²) < 4.78 is 9.88. The number of carbonyl (C=O) groups excluding carboxylic acids is 2. The van der Waals surface area contributed by atoms with Crippen LogP contribution in [0.5, 0.6) is 5.88 Å². The normalized spacial score (nSPS) is 13.6.